The predicted molar refractivity (Wildman–Crippen MR) is 92.6 cm³/mol. The lowest BCUT2D eigenvalue weighted by molar-refractivity contribution is 0.329. The van der Waals surface area contributed by atoms with Crippen LogP contribution in [0.5, 0.6) is 0 Å². The van der Waals surface area contributed by atoms with E-state index in [1.807, 2.05) is 6.07 Å². The summed E-state index contributed by atoms with van der Waals surface area (Å²) in [6.07, 6.45) is 7.67. The molecule has 0 amide bonds. The molecule has 0 aromatic carbocycles. The van der Waals surface area contributed by atoms with Crippen LogP contribution in [-0.4, -0.2) is 33.1 Å². The van der Waals surface area contributed by atoms with Crippen molar-refractivity contribution in [3.8, 4) is 0 Å². The number of aryl methyl sites for hydroxylation is 2. The van der Waals surface area contributed by atoms with Crippen LogP contribution in [0.4, 0.5) is 5.82 Å². The molecular weight excluding hydrogens is 318 g/mol. The summed E-state index contributed by atoms with van der Waals surface area (Å²) < 4.78 is 7.17. The zero-order chi connectivity index (χ0) is 16.8. The number of hydrogen-bond donors (Lipinski definition) is 0. The van der Waals surface area contributed by atoms with Crippen LogP contribution in [0.2, 0.25) is 0 Å². The second kappa shape index (κ2) is 5.68. The molecule has 3 aromatic rings. The van der Waals surface area contributed by atoms with E-state index in [1.54, 1.807) is 23.2 Å². The third-order valence-electron chi connectivity index (χ3n) is 5.21. The van der Waals surface area contributed by atoms with Crippen LogP contribution < -0.4 is 10.5 Å². The molecule has 0 saturated carbocycles. The molecule has 3 aromatic heterocycles. The number of hydrogen-bond acceptors (Lipinski definition) is 6. The Kier molecular flexibility index (Phi) is 3.33. The first kappa shape index (κ1) is 14.6. The highest BCUT2D eigenvalue weighted by atomic mass is 16.3. The Bertz CT molecular complexity index is 987. The third-order valence-corrected chi connectivity index (χ3v) is 5.21. The van der Waals surface area contributed by atoms with Crippen LogP contribution in [0.3, 0.4) is 0 Å². The van der Waals surface area contributed by atoms with Gasteiger partial charge in [-0.05, 0) is 37.3 Å². The van der Waals surface area contributed by atoms with E-state index in [-0.39, 0.29) is 5.56 Å². The SMILES string of the molecule is O=c1cc2c(nn1CC1CN(c3nncc4ccoc34)C1)CCCC2. The molecule has 0 bridgehead atoms. The smallest absolute Gasteiger partial charge is 0.267 e. The first-order chi connectivity index (χ1) is 12.3. The van der Waals surface area contributed by atoms with Gasteiger partial charge in [-0.3, -0.25) is 4.79 Å². The summed E-state index contributed by atoms with van der Waals surface area (Å²) in [4.78, 5) is 14.5. The maximum absolute atomic E-state index is 12.3. The van der Waals surface area contributed by atoms with Crippen LogP contribution >= 0.6 is 0 Å². The molecule has 0 unspecified atom stereocenters. The van der Waals surface area contributed by atoms with E-state index in [0.29, 0.717) is 12.5 Å². The van der Waals surface area contributed by atoms with Gasteiger partial charge in [0.2, 0.25) is 0 Å². The molecule has 4 heterocycles. The topological polar surface area (TPSA) is 77.1 Å². The van der Waals surface area contributed by atoms with Crippen molar-refractivity contribution >= 4 is 16.8 Å². The summed E-state index contributed by atoms with van der Waals surface area (Å²) in [7, 11) is 0. The van der Waals surface area contributed by atoms with E-state index >= 15 is 0 Å². The molecule has 0 N–H and O–H groups in total. The molecule has 25 heavy (non-hydrogen) atoms. The largest absolute Gasteiger partial charge is 0.460 e. The number of rotatable bonds is 3. The second-order valence-corrected chi connectivity index (χ2v) is 6.99. The lowest BCUT2D eigenvalue weighted by Gasteiger charge is -2.39. The molecule has 0 atom stereocenters. The molecule has 0 spiro atoms. The number of anilines is 1. The Morgan fingerprint density at radius 2 is 2.12 bits per heavy atom. The average molecular weight is 337 g/mol. The zero-order valence-electron chi connectivity index (χ0n) is 13.9. The average Bonchev–Trinajstić information content (AvgIpc) is 3.07. The number of furan rings is 1. The highest BCUT2D eigenvalue weighted by Gasteiger charge is 2.31. The van der Waals surface area contributed by atoms with E-state index in [1.165, 1.54) is 6.42 Å². The molecular formula is C18H19N5O2. The molecule has 1 fully saturated rings. The quantitative estimate of drug-likeness (QED) is 0.725. The van der Waals surface area contributed by atoms with Crippen LogP contribution in [0, 0.1) is 5.92 Å². The van der Waals surface area contributed by atoms with Crippen LogP contribution in [-0.2, 0) is 19.4 Å². The summed E-state index contributed by atoms with van der Waals surface area (Å²) in [5.41, 5.74) is 3.04. The maximum Gasteiger partial charge on any atom is 0.267 e. The minimum absolute atomic E-state index is 0.0204. The second-order valence-electron chi connectivity index (χ2n) is 6.99. The Morgan fingerprint density at radius 1 is 1.24 bits per heavy atom. The molecule has 1 aliphatic carbocycles. The zero-order valence-corrected chi connectivity index (χ0v) is 13.9. The van der Waals surface area contributed by atoms with Crippen molar-refractivity contribution in [2.24, 2.45) is 5.92 Å². The molecule has 1 saturated heterocycles. The molecule has 2 aliphatic rings. The normalized spacial score (nSPS) is 17.5. The summed E-state index contributed by atoms with van der Waals surface area (Å²) in [5, 5.41) is 13.8. The minimum atomic E-state index is 0.0204. The van der Waals surface area contributed by atoms with E-state index in [4.69, 9.17) is 4.42 Å². The van der Waals surface area contributed by atoms with Gasteiger partial charge < -0.3 is 9.32 Å². The van der Waals surface area contributed by atoms with Crippen molar-refractivity contribution in [1.29, 1.82) is 0 Å². The van der Waals surface area contributed by atoms with E-state index < -0.39 is 0 Å². The fourth-order valence-electron chi connectivity index (χ4n) is 3.84. The van der Waals surface area contributed by atoms with Gasteiger partial charge in [0.15, 0.2) is 11.4 Å². The maximum atomic E-state index is 12.3. The van der Waals surface area contributed by atoms with Gasteiger partial charge in [-0.2, -0.15) is 10.2 Å². The summed E-state index contributed by atoms with van der Waals surface area (Å²) in [6, 6.07) is 3.67. The Balaban J connectivity index is 1.32. The molecule has 128 valence electrons. The lowest BCUT2D eigenvalue weighted by Crippen LogP contribution is -2.50. The van der Waals surface area contributed by atoms with Crippen molar-refractivity contribution < 1.29 is 4.42 Å². The Hall–Kier alpha value is -2.70. The van der Waals surface area contributed by atoms with E-state index in [0.717, 1.165) is 60.4 Å². The van der Waals surface area contributed by atoms with Gasteiger partial charge in [0.05, 0.1) is 24.7 Å². The minimum Gasteiger partial charge on any atom is -0.460 e. The third kappa shape index (κ3) is 2.50. The van der Waals surface area contributed by atoms with Gasteiger partial charge in [0.25, 0.3) is 5.56 Å². The van der Waals surface area contributed by atoms with Crippen LogP contribution in [0.15, 0.2) is 33.8 Å². The van der Waals surface area contributed by atoms with Crippen molar-refractivity contribution in [1.82, 2.24) is 20.0 Å². The molecule has 7 heteroatoms. The first-order valence-electron chi connectivity index (χ1n) is 8.82. The monoisotopic (exact) mass is 337 g/mol. The van der Waals surface area contributed by atoms with Gasteiger partial charge in [-0.15, -0.1) is 5.10 Å². The Morgan fingerprint density at radius 3 is 3.04 bits per heavy atom. The van der Waals surface area contributed by atoms with Gasteiger partial charge in [0, 0.05) is 30.5 Å². The van der Waals surface area contributed by atoms with Crippen molar-refractivity contribution in [3.05, 3.63) is 46.2 Å². The molecule has 0 radical (unpaired) electrons. The number of fused-ring (bicyclic) bond motifs is 2. The van der Waals surface area contributed by atoms with E-state index in [9.17, 15) is 4.79 Å². The van der Waals surface area contributed by atoms with Gasteiger partial charge in [-0.1, -0.05) is 0 Å². The molecule has 5 rings (SSSR count). The van der Waals surface area contributed by atoms with Crippen LogP contribution in [0.1, 0.15) is 24.1 Å². The van der Waals surface area contributed by atoms with Gasteiger partial charge in [0.1, 0.15) is 0 Å². The number of nitrogens with zero attached hydrogens (tertiary/aromatic N) is 5. The lowest BCUT2D eigenvalue weighted by atomic mass is 9.96. The molecule has 1 aliphatic heterocycles. The number of aromatic nitrogens is 4. The van der Waals surface area contributed by atoms with Crippen molar-refractivity contribution in [2.75, 3.05) is 18.0 Å². The fraction of sp³-hybridized carbons (Fsp3) is 0.444. The van der Waals surface area contributed by atoms with Crippen molar-refractivity contribution in [2.45, 2.75) is 32.2 Å². The van der Waals surface area contributed by atoms with E-state index in [2.05, 4.69) is 20.2 Å². The predicted octanol–water partition coefficient (Wildman–Crippen LogP) is 1.79. The van der Waals surface area contributed by atoms with Crippen LogP contribution in [0.25, 0.3) is 11.0 Å². The fourth-order valence-corrected chi connectivity index (χ4v) is 3.84. The highest BCUT2D eigenvalue weighted by molar-refractivity contribution is 5.86. The van der Waals surface area contributed by atoms with Crippen molar-refractivity contribution in [3.63, 3.8) is 0 Å². The molecule has 7 nitrogen and oxygen atoms in total. The standard InChI is InChI=1S/C18H19N5O2/c24-16-7-13-3-1-2-4-15(13)21-23(16)11-12-9-22(10-12)18-17-14(5-6-25-17)8-19-20-18/h5-8,12H,1-4,9-11H2. The highest BCUT2D eigenvalue weighted by Crippen LogP contribution is 2.30. The van der Waals surface area contributed by atoms with Gasteiger partial charge >= 0.3 is 0 Å². The summed E-state index contributed by atoms with van der Waals surface area (Å²) in [5.74, 6) is 1.17. The summed E-state index contributed by atoms with van der Waals surface area (Å²) in [6.45, 7) is 2.32. The first-order valence-corrected chi connectivity index (χ1v) is 8.82. The van der Waals surface area contributed by atoms with Gasteiger partial charge in [-0.25, -0.2) is 4.68 Å². The Labute approximate surface area is 144 Å². The summed E-state index contributed by atoms with van der Waals surface area (Å²) >= 11 is 0.